The number of para-hydroxylation sites is 2. The van der Waals surface area contributed by atoms with Crippen LogP contribution in [0.5, 0.6) is 5.75 Å². The third-order valence-corrected chi connectivity index (χ3v) is 9.93. The number of nitrogens with zero attached hydrogens (tertiary/aromatic N) is 2. The third kappa shape index (κ3) is 10.1. The van der Waals surface area contributed by atoms with Crippen LogP contribution in [-0.2, 0) is 32.6 Å². The van der Waals surface area contributed by atoms with Gasteiger partial charge in [-0.3, -0.25) is 13.9 Å². The highest BCUT2D eigenvalue weighted by Crippen LogP contribution is 2.31. The van der Waals surface area contributed by atoms with Gasteiger partial charge in [0, 0.05) is 42.0 Å². The molecule has 1 saturated carbocycles. The van der Waals surface area contributed by atoms with Crippen molar-refractivity contribution in [3.8, 4) is 5.75 Å². The minimum absolute atomic E-state index is 0.00995. The molecular weight excluding hydrogens is 645 g/mol. The molecule has 3 aromatic carbocycles. The maximum atomic E-state index is 14.2. The predicted molar refractivity (Wildman–Crippen MR) is 185 cm³/mol. The van der Waals surface area contributed by atoms with E-state index in [1.165, 1.54) is 4.31 Å². The fourth-order valence-corrected chi connectivity index (χ4v) is 7.29. The van der Waals surface area contributed by atoms with Crippen LogP contribution in [0.4, 0.5) is 5.69 Å². The van der Waals surface area contributed by atoms with Crippen LogP contribution in [0, 0.1) is 0 Å². The number of sulfonamides is 1. The first-order valence-electron chi connectivity index (χ1n) is 15.8. The Morgan fingerprint density at radius 3 is 2.35 bits per heavy atom. The zero-order valence-electron chi connectivity index (χ0n) is 26.5. The molecule has 1 aliphatic carbocycles. The molecule has 0 saturated heterocycles. The van der Waals surface area contributed by atoms with E-state index in [1.807, 2.05) is 37.3 Å². The second-order valence-electron chi connectivity index (χ2n) is 11.6. The van der Waals surface area contributed by atoms with Gasteiger partial charge in [0.1, 0.15) is 11.8 Å². The molecule has 0 spiro atoms. The molecule has 1 N–H and O–H groups in total. The lowest BCUT2D eigenvalue weighted by Gasteiger charge is -2.34. The van der Waals surface area contributed by atoms with Crippen LogP contribution < -0.4 is 14.4 Å². The number of anilines is 1. The largest absolute Gasteiger partial charge is 0.492 e. The number of hydrogen-bond donors (Lipinski definition) is 1. The Balaban J connectivity index is 1.62. The van der Waals surface area contributed by atoms with Crippen LogP contribution in [-0.4, -0.2) is 56.6 Å². The molecule has 11 heteroatoms. The molecule has 248 valence electrons. The summed E-state index contributed by atoms with van der Waals surface area (Å²) in [7, 11) is -3.69. The predicted octanol–water partition coefficient (Wildman–Crippen LogP) is 7.03. The van der Waals surface area contributed by atoms with E-state index in [-0.39, 0.29) is 43.8 Å². The molecule has 1 aliphatic rings. The van der Waals surface area contributed by atoms with Crippen molar-refractivity contribution in [2.24, 2.45) is 0 Å². The summed E-state index contributed by atoms with van der Waals surface area (Å²) in [4.78, 5) is 29.8. The van der Waals surface area contributed by atoms with E-state index in [2.05, 4.69) is 5.32 Å². The molecule has 1 atom stereocenters. The van der Waals surface area contributed by atoms with Crippen molar-refractivity contribution < 1.29 is 22.7 Å². The van der Waals surface area contributed by atoms with Crippen molar-refractivity contribution in [1.29, 1.82) is 0 Å². The van der Waals surface area contributed by atoms with Crippen LogP contribution in [0.25, 0.3) is 0 Å². The number of hydrogen-bond acceptors (Lipinski definition) is 5. The molecule has 0 bridgehead atoms. The van der Waals surface area contributed by atoms with Crippen LogP contribution in [0.1, 0.15) is 63.0 Å². The third-order valence-electron chi connectivity index (χ3n) is 8.16. The van der Waals surface area contributed by atoms with E-state index in [0.29, 0.717) is 40.1 Å². The number of halogens is 2. The Kier molecular flexibility index (Phi) is 13.2. The Labute approximate surface area is 283 Å². The number of nitrogens with one attached hydrogen (secondary N) is 1. The summed E-state index contributed by atoms with van der Waals surface area (Å²) in [6, 6.07) is 20.9. The van der Waals surface area contributed by atoms with E-state index in [9.17, 15) is 18.0 Å². The molecular formula is C35H43Cl2N3O5S. The Bertz CT molecular complexity index is 1570. The first-order chi connectivity index (χ1) is 22.1. The van der Waals surface area contributed by atoms with Gasteiger partial charge < -0.3 is 15.0 Å². The molecule has 1 fully saturated rings. The Morgan fingerprint density at radius 2 is 1.67 bits per heavy atom. The van der Waals surface area contributed by atoms with Crippen molar-refractivity contribution in [1.82, 2.24) is 10.2 Å². The summed E-state index contributed by atoms with van der Waals surface area (Å²) in [6.07, 6.45) is 6.76. The molecule has 0 aliphatic heterocycles. The summed E-state index contributed by atoms with van der Waals surface area (Å²) in [5, 5.41) is 4.09. The van der Waals surface area contributed by atoms with Crippen molar-refractivity contribution in [2.45, 2.75) is 76.9 Å². The molecule has 0 aromatic heterocycles. The van der Waals surface area contributed by atoms with E-state index in [4.69, 9.17) is 27.9 Å². The minimum atomic E-state index is -3.69. The van der Waals surface area contributed by atoms with Gasteiger partial charge in [-0.15, -0.1) is 0 Å². The molecule has 2 amide bonds. The second kappa shape index (κ2) is 17.0. The number of ether oxygens (including phenoxy) is 1. The van der Waals surface area contributed by atoms with Gasteiger partial charge in [-0.25, -0.2) is 8.42 Å². The summed E-state index contributed by atoms with van der Waals surface area (Å²) < 4.78 is 32.7. The van der Waals surface area contributed by atoms with Gasteiger partial charge in [0.05, 0.1) is 18.6 Å². The van der Waals surface area contributed by atoms with Crippen molar-refractivity contribution >= 4 is 50.7 Å². The lowest BCUT2D eigenvalue weighted by molar-refractivity contribution is -0.141. The highest BCUT2D eigenvalue weighted by Gasteiger charge is 2.32. The Hall–Kier alpha value is -3.27. The maximum absolute atomic E-state index is 14.2. The van der Waals surface area contributed by atoms with Crippen LogP contribution in [0.3, 0.4) is 0 Å². The summed E-state index contributed by atoms with van der Waals surface area (Å²) in [5.41, 5.74) is 1.99. The number of carbonyl (C=O) groups is 2. The second-order valence-corrected chi connectivity index (χ2v) is 14.4. The molecule has 0 unspecified atom stereocenters. The van der Waals surface area contributed by atoms with E-state index < -0.39 is 16.1 Å². The Morgan fingerprint density at radius 1 is 0.978 bits per heavy atom. The smallest absolute Gasteiger partial charge is 0.243 e. The van der Waals surface area contributed by atoms with Crippen molar-refractivity contribution in [2.75, 3.05) is 23.7 Å². The van der Waals surface area contributed by atoms with Gasteiger partial charge in [0.2, 0.25) is 21.8 Å². The number of rotatable bonds is 15. The average Bonchev–Trinajstić information content (AvgIpc) is 3.03. The number of amides is 2. The monoisotopic (exact) mass is 687 g/mol. The number of benzene rings is 3. The maximum Gasteiger partial charge on any atom is 0.243 e. The SMILES string of the molecule is CCOc1ccccc1N(CCCC(=O)N(Cc1ccc(Cl)cc1Cl)[C@@H](Cc1ccccc1)C(=O)NC1CCCCC1)S(C)(=O)=O. The summed E-state index contributed by atoms with van der Waals surface area (Å²) in [5.74, 6) is -0.0436. The first-order valence-corrected chi connectivity index (χ1v) is 18.4. The molecule has 0 heterocycles. The molecule has 3 aromatic rings. The van der Waals surface area contributed by atoms with Gasteiger partial charge in [0.25, 0.3) is 0 Å². The molecule has 46 heavy (non-hydrogen) atoms. The van der Waals surface area contributed by atoms with Crippen molar-refractivity contribution in [3.63, 3.8) is 0 Å². The first kappa shape index (κ1) is 35.6. The molecule has 8 nitrogen and oxygen atoms in total. The zero-order valence-corrected chi connectivity index (χ0v) is 28.8. The summed E-state index contributed by atoms with van der Waals surface area (Å²) in [6.45, 7) is 2.36. The lowest BCUT2D eigenvalue weighted by atomic mass is 9.94. The zero-order chi connectivity index (χ0) is 33.1. The summed E-state index contributed by atoms with van der Waals surface area (Å²) >= 11 is 12.7. The molecule has 0 radical (unpaired) electrons. The molecule has 4 rings (SSSR count). The van der Waals surface area contributed by atoms with E-state index in [1.54, 1.807) is 47.4 Å². The van der Waals surface area contributed by atoms with Gasteiger partial charge >= 0.3 is 0 Å². The topological polar surface area (TPSA) is 96.0 Å². The van der Waals surface area contributed by atoms with Gasteiger partial charge in [0.15, 0.2) is 0 Å². The number of carbonyl (C=O) groups excluding carboxylic acids is 2. The van der Waals surface area contributed by atoms with Gasteiger partial charge in [-0.1, -0.05) is 91.0 Å². The normalized spacial score (nSPS) is 14.3. The van der Waals surface area contributed by atoms with Crippen molar-refractivity contribution in [3.05, 3.63) is 94.0 Å². The quantitative estimate of drug-likeness (QED) is 0.185. The van der Waals surface area contributed by atoms with Crippen LogP contribution in [0.2, 0.25) is 10.0 Å². The minimum Gasteiger partial charge on any atom is -0.492 e. The highest BCUT2D eigenvalue weighted by atomic mass is 35.5. The fraction of sp³-hybridized carbons (Fsp3) is 0.429. The van der Waals surface area contributed by atoms with Gasteiger partial charge in [-0.05, 0) is 61.6 Å². The van der Waals surface area contributed by atoms with Crippen LogP contribution in [0.15, 0.2) is 72.8 Å². The standard InChI is InChI=1S/C35H43Cl2N3O5S/c1-3-45-33-18-11-10-17-31(33)40(46(2,43)44)22-12-19-34(41)39(25-27-20-21-28(36)24-30(27)37)32(23-26-13-6-4-7-14-26)35(42)38-29-15-8-5-9-16-29/h4,6-7,10-11,13-14,17-18,20-21,24,29,32H,3,5,8-9,12,15-16,19,22-23,25H2,1-2H3,(H,38,42)/t32-/m0/s1. The van der Waals surface area contributed by atoms with E-state index >= 15 is 0 Å². The van der Waals surface area contributed by atoms with Crippen LogP contribution >= 0.6 is 23.2 Å². The van der Waals surface area contributed by atoms with Gasteiger partial charge in [-0.2, -0.15) is 0 Å². The lowest BCUT2D eigenvalue weighted by Crippen LogP contribution is -2.53. The van der Waals surface area contributed by atoms with E-state index in [0.717, 1.165) is 43.9 Å². The highest BCUT2D eigenvalue weighted by molar-refractivity contribution is 7.92. The fourth-order valence-electron chi connectivity index (χ4n) is 5.85. The average molecular weight is 689 g/mol.